The zero-order valence-corrected chi connectivity index (χ0v) is 29.7. The van der Waals surface area contributed by atoms with Crippen molar-refractivity contribution in [2.24, 2.45) is 0 Å². The fraction of sp³-hybridized carbons (Fsp3) is 0.368. The van der Waals surface area contributed by atoms with Crippen LogP contribution in [-0.4, -0.2) is 84.9 Å². The molecule has 1 aromatic heterocycles. The number of rotatable bonds is 11. The average Bonchev–Trinajstić information content (AvgIpc) is 3.63. The molecule has 5 atom stereocenters. The molecule has 14 nitrogen and oxygen atoms in total. The number of aromatic amines is 1. The molecule has 274 valence electrons. The maximum absolute atomic E-state index is 13.3. The van der Waals surface area contributed by atoms with Crippen LogP contribution in [0.2, 0.25) is 0 Å². The summed E-state index contributed by atoms with van der Waals surface area (Å²) in [6, 6.07) is 24.5. The highest BCUT2D eigenvalue weighted by molar-refractivity contribution is 5.67. The first-order valence-electron chi connectivity index (χ1n) is 16.6. The highest BCUT2D eigenvalue weighted by atomic mass is 16.7. The Balaban J connectivity index is 1.56. The van der Waals surface area contributed by atoms with Crippen molar-refractivity contribution in [1.29, 1.82) is 0 Å². The first kappa shape index (κ1) is 36.5. The summed E-state index contributed by atoms with van der Waals surface area (Å²) in [5, 5.41) is 1.44. The Morgan fingerprint density at radius 2 is 1.42 bits per heavy atom. The molecule has 0 aliphatic carbocycles. The van der Waals surface area contributed by atoms with E-state index in [0.717, 1.165) is 21.3 Å². The summed E-state index contributed by atoms with van der Waals surface area (Å²) in [7, 11) is 4.78. The summed E-state index contributed by atoms with van der Waals surface area (Å²) in [5.41, 5.74) is -1.75. The van der Waals surface area contributed by atoms with Crippen LogP contribution in [-0.2, 0) is 39.0 Å². The number of hydrogen-bond donors (Lipinski definition) is 1. The van der Waals surface area contributed by atoms with Gasteiger partial charge in [0.05, 0.1) is 20.8 Å². The van der Waals surface area contributed by atoms with Gasteiger partial charge < -0.3 is 28.4 Å². The predicted octanol–water partition coefficient (Wildman–Crippen LogP) is 3.25. The Labute approximate surface area is 299 Å². The number of methoxy groups -OCH3 is 2. The Hall–Kier alpha value is -5.28. The first-order valence-corrected chi connectivity index (χ1v) is 16.6. The fourth-order valence-electron chi connectivity index (χ4n) is 7.25. The Morgan fingerprint density at radius 1 is 0.865 bits per heavy atom. The van der Waals surface area contributed by atoms with Crippen LogP contribution < -0.4 is 20.7 Å². The first-order chi connectivity index (χ1) is 24.9. The summed E-state index contributed by atoms with van der Waals surface area (Å²) in [6.07, 6.45) is -3.41. The van der Waals surface area contributed by atoms with Gasteiger partial charge in [-0.05, 0) is 47.9 Å². The number of carbonyl (C=O) groups excluding carboxylic acids is 2. The van der Waals surface area contributed by atoms with Gasteiger partial charge in [0, 0.05) is 32.7 Å². The quantitative estimate of drug-likeness (QED) is 0.179. The summed E-state index contributed by atoms with van der Waals surface area (Å²) in [6.45, 7) is 3.69. The minimum atomic E-state index is -1.55. The molecule has 2 aliphatic rings. The smallest absolute Gasteiger partial charge is 0.330 e. The maximum Gasteiger partial charge on any atom is 0.330 e. The van der Waals surface area contributed by atoms with Gasteiger partial charge in [-0.3, -0.25) is 28.8 Å². The number of likely N-dealkylation sites (N-methyl/N-ethyl adjacent to an activating group) is 1. The molecule has 2 aliphatic heterocycles. The van der Waals surface area contributed by atoms with Crippen molar-refractivity contribution in [1.82, 2.24) is 14.6 Å². The molecule has 1 spiro atoms. The number of hydroxylamine groups is 2. The van der Waals surface area contributed by atoms with E-state index in [2.05, 4.69) is 4.98 Å². The van der Waals surface area contributed by atoms with Gasteiger partial charge in [0.25, 0.3) is 5.56 Å². The van der Waals surface area contributed by atoms with Gasteiger partial charge in [-0.15, -0.1) is 0 Å². The van der Waals surface area contributed by atoms with E-state index in [4.69, 9.17) is 33.3 Å². The number of esters is 2. The van der Waals surface area contributed by atoms with Gasteiger partial charge in [-0.25, -0.2) is 4.79 Å². The normalized spacial score (nSPS) is 23.0. The molecule has 52 heavy (non-hydrogen) atoms. The molecular formula is C38H41N3O11. The van der Waals surface area contributed by atoms with E-state index >= 15 is 0 Å². The minimum absolute atomic E-state index is 0.110. The summed E-state index contributed by atoms with van der Waals surface area (Å²) >= 11 is 0. The third-order valence-corrected chi connectivity index (χ3v) is 9.66. The van der Waals surface area contributed by atoms with Crippen LogP contribution in [0.5, 0.6) is 11.5 Å². The molecule has 2 saturated heterocycles. The largest absolute Gasteiger partial charge is 0.497 e. The number of carbonyl (C=O) groups is 2. The third kappa shape index (κ3) is 6.38. The summed E-state index contributed by atoms with van der Waals surface area (Å²) < 4.78 is 37.9. The number of hydrogen-bond acceptors (Lipinski definition) is 12. The zero-order valence-electron chi connectivity index (χ0n) is 29.7. The van der Waals surface area contributed by atoms with E-state index < -0.39 is 58.9 Å². The topological polar surface area (TPSA) is 157 Å². The van der Waals surface area contributed by atoms with Crippen LogP contribution in [0, 0.1) is 6.92 Å². The molecular weight excluding hydrogens is 674 g/mol. The molecule has 0 unspecified atom stereocenters. The zero-order chi connectivity index (χ0) is 37.2. The predicted molar refractivity (Wildman–Crippen MR) is 186 cm³/mol. The molecule has 14 heteroatoms. The van der Waals surface area contributed by atoms with Crippen molar-refractivity contribution in [2.75, 3.05) is 34.5 Å². The van der Waals surface area contributed by atoms with Gasteiger partial charge in [0.1, 0.15) is 29.8 Å². The van der Waals surface area contributed by atoms with Gasteiger partial charge in [0.15, 0.2) is 24.0 Å². The Kier molecular flexibility index (Phi) is 10.4. The average molecular weight is 716 g/mol. The number of aryl methyl sites for hydroxylation is 1. The lowest BCUT2D eigenvalue weighted by atomic mass is 9.79. The number of ether oxygens (including phenoxy) is 6. The molecule has 3 heterocycles. The second-order valence-electron chi connectivity index (χ2n) is 12.6. The van der Waals surface area contributed by atoms with Crippen LogP contribution in [0.25, 0.3) is 0 Å². The molecule has 1 N–H and O–H groups in total. The number of H-pyrrole nitrogens is 1. The second kappa shape index (κ2) is 14.8. The van der Waals surface area contributed by atoms with Crippen LogP contribution in [0.3, 0.4) is 0 Å². The molecule has 0 amide bonds. The molecule has 0 radical (unpaired) electrons. The SMILES string of the molecule is COc1ccc(C(OC[C@H]2O[C@@H](n3cc(C)c(=O)[nH]c3=O)[C@H](OC(C)=O)[C@]23[C@@H](OC(C)=O)CON3C)(c2ccccc2)c2ccc(OC)cc2)cc1. The lowest BCUT2D eigenvalue weighted by molar-refractivity contribution is -0.201. The highest BCUT2D eigenvalue weighted by Crippen LogP contribution is 2.50. The number of nitrogens with zero attached hydrogens (tertiary/aromatic N) is 2. The van der Waals surface area contributed by atoms with Crippen LogP contribution in [0.4, 0.5) is 0 Å². The van der Waals surface area contributed by atoms with Crippen molar-refractivity contribution in [3.05, 3.63) is 128 Å². The van der Waals surface area contributed by atoms with Crippen molar-refractivity contribution >= 4 is 11.9 Å². The van der Waals surface area contributed by atoms with E-state index in [1.54, 1.807) is 21.3 Å². The van der Waals surface area contributed by atoms with Gasteiger partial charge >= 0.3 is 17.6 Å². The minimum Gasteiger partial charge on any atom is -0.497 e. The van der Waals surface area contributed by atoms with Crippen LogP contribution in [0.1, 0.15) is 42.3 Å². The number of benzene rings is 3. The molecule has 0 bridgehead atoms. The van der Waals surface area contributed by atoms with Crippen molar-refractivity contribution in [3.8, 4) is 11.5 Å². The molecule has 6 rings (SSSR count). The third-order valence-electron chi connectivity index (χ3n) is 9.66. The highest BCUT2D eigenvalue weighted by Gasteiger charge is 2.70. The molecule has 2 fully saturated rings. The second-order valence-corrected chi connectivity index (χ2v) is 12.6. The standard InChI is InChI=1S/C38H41N3O11/c1-23-20-41(36(45)39-34(23)44)35-33(51-25(3)43)37(32(50-24(2)42)22-49-40(37)4)31(52-35)21-48-38(26-10-8-7-9-11-26,27-12-16-29(46-5)17-13-27)28-14-18-30(47-6)19-15-28/h7-20,31-33,35H,21-22H2,1-6H3,(H,39,44,45)/t31-,32+,33+,35-,37-/m1/s1. The van der Waals surface area contributed by atoms with Crippen molar-refractivity contribution < 1.29 is 42.8 Å². The van der Waals surface area contributed by atoms with Gasteiger partial charge in [0.2, 0.25) is 0 Å². The van der Waals surface area contributed by atoms with E-state index in [1.165, 1.54) is 32.0 Å². The van der Waals surface area contributed by atoms with E-state index in [0.29, 0.717) is 11.5 Å². The molecule has 4 aromatic rings. The lowest BCUT2D eigenvalue weighted by Crippen LogP contribution is -2.65. The Bertz CT molecular complexity index is 1970. The van der Waals surface area contributed by atoms with Gasteiger partial charge in [-0.2, -0.15) is 5.06 Å². The van der Waals surface area contributed by atoms with Crippen LogP contribution in [0.15, 0.2) is 94.6 Å². The van der Waals surface area contributed by atoms with E-state index in [1.807, 2.05) is 78.9 Å². The summed E-state index contributed by atoms with van der Waals surface area (Å²) in [5.74, 6) is -0.0202. The molecule has 0 saturated carbocycles. The number of nitrogens with one attached hydrogen (secondary N) is 1. The summed E-state index contributed by atoms with van der Waals surface area (Å²) in [4.78, 5) is 59.4. The monoisotopic (exact) mass is 715 g/mol. The van der Waals surface area contributed by atoms with Crippen molar-refractivity contribution in [2.45, 2.75) is 56.5 Å². The Morgan fingerprint density at radius 3 is 1.96 bits per heavy atom. The van der Waals surface area contributed by atoms with Crippen LogP contribution >= 0.6 is 0 Å². The molecule has 3 aromatic carbocycles. The van der Waals surface area contributed by atoms with Gasteiger partial charge in [-0.1, -0.05) is 54.6 Å². The maximum atomic E-state index is 13.3. The fourth-order valence-corrected chi connectivity index (χ4v) is 7.25. The van der Waals surface area contributed by atoms with E-state index in [9.17, 15) is 19.2 Å². The number of aromatic nitrogens is 2. The van der Waals surface area contributed by atoms with E-state index in [-0.39, 0.29) is 18.8 Å². The van der Waals surface area contributed by atoms with Crippen molar-refractivity contribution in [3.63, 3.8) is 0 Å². The lowest BCUT2D eigenvalue weighted by Gasteiger charge is -2.42.